The van der Waals surface area contributed by atoms with Crippen LogP contribution in [0.5, 0.6) is 0 Å². The minimum atomic E-state index is -0.383. The van der Waals surface area contributed by atoms with Crippen LogP contribution in [0.4, 0.5) is 15.9 Å². The maximum Gasteiger partial charge on any atom is 0.497 e. The van der Waals surface area contributed by atoms with Crippen LogP contribution in [0.3, 0.4) is 0 Å². The summed E-state index contributed by atoms with van der Waals surface area (Å²) < 4.78 is 16.6. The molecule has 38 heavy (non-hydrogen) atoms. The van der Waals surface area contributed by atoms with E-state index < -0.39 is 0 Å². The fourth-order valence-corrected chi connectivity index (χ4v) is 4.72. The van der Waals surface area contributed by atoms with Crippen molar-refractivity contribution < 1.29 is 8.96 Å². The van der Waals surface area contributed by atoms with Gasteiger partial charge in [0.2, 0.25) is 5.82 Å². The van der Waals surface area contributed by atoms with Crippen molar-refractivity contribution in [2.24, 2.45) is 11.5 Å². The van der Waals surface area contributed by atoms with Crippen molar-refractivity contribution in [3.63, 3.8) is 0 Å². The Labute approximate surface area is 224 Å². The molecule has 1 saturated heterocycles. The van der Waals surface area contributed by atoms with Gasteiger partial charge in [-0.25, -0.2) is 4.39 Å². The Bertz CT molecular complexity index is 1210. The topological polar surface area (TPSA) is 116 Å². The van der Waals surface area contributed by atoms with Crippen molar-refractivity contribution in [1.82, 2.24) is 15.2 Å². The van der Waals surface area contributed by atoms with Crippen LogP contribution in [0.2, 0.25) is 0 Å². The van der Waals surface area contributed by atoms with Crippen LogP contribution in [0.1, 0.15) is 37.7 Å². The zero-order chi connectivity index (χ0) is 26.7. The number of benzene rings is 2. The molecule has 4 rings (SSSR count). The standard InChI is InChI=1S/C29H40FN7O/c30-26-20-24(23-6-4-22(5-7-23)21-33-14-3-13-31)8-9-27(26)34-28-12-19-37(29(38)35-28)16-2-1-15-36-17-10-25(32)11-18-36/h4-9,12,19-20,25,33H,1-3,10-11,13-18,21,31-32H2,(H,34,35,38)/p+1. The first-order valence-corrected chi connectivity index (χ1v) is 13.7. The van der Waals surface area contributed by atoms with Gasteiger partial charge in [-0.15, -0.1) is 0 Å². The lowest BCUT2D eigenvalue weighted by molar-refractivity contribution is -0.714. The number of aryl methyl sites for hydroxylation is 1. The van der Waals surface area contributed by atoms with Crippen molar-refractivity contribution in [1.29, 1.82) is 0 Å². The molecular weight excluding hydrogens is 481 g/mol. The summed E-state index contributed by atoms with van der Waals surface area (Å²) >= 11 is 0. The van der Waals surface area contributed by atoms with Gasteiger partial charge in [-0.1, -0.05) is 30.3 Å². The average Bonchev–Trinajstić information content (AvgIpc) is 2.92. The van der Waals surface area contributed by atoms with Crippen molar-refractivity contribution in [2.45, 2.75) is 51.2 Å². The summed E-state index contributed by atoms with van der Waals surface area (Å²) in [5.41, 5.74) is 14.5. The number of nitrogens with two attached hydrogens (primary N) is 2. The number of aromatic amines is 1. The van der Waals surface area contributed by atoms with E-state index in [9.17, 15) is 9.18 Å². The number of hydrogen-bond donors (Lipinski definition) is 5. The number of likely N-dealkylation sites (tertiary alicyclic amines) is 1. The minimum Gasteiger partial charge on any atom is -0.330 e. The fraction of sp³-hybridized carbons (Fsp3) is 0.448. The van der Waals surface area contributed by atoms with E-state index in [0.717, 1.165) is 76.0 Å². The molecule has 0 saturated carbocycles. The lowest BCUT2D eigenvalue weighted by atomic mass is 10.0. The van der Waals surface area contributed by atoms with E-state index in [4.69, 9.17) is 11.5 Å². The molecule has 8 nitrogen and oxygen atoms in total. The van der Waals surface area contributed by atoms with E-state index >= 15 is 0 Å². The molecule has 0 spiro atoms. The lowest BCUT2D eigenvalue weighted by Crippen LogP contribution is -2.51. The van der Waals surface area contributed by atoms with E-state index in [-0.39, 0.29) is 11.5 Å². The highest BCUT2D eigenvalue weighted by Gasteiger charge is 2.16. The van der Waals surface area contributed by atoms with Gasteiger partial charge in [0.25, 0.3) is 0 Å². The summed E-state index contributed by atoms with van der Waals surface area (Å²) in [6.45, 7) is 6.16. The highest BCUT2D eigenvalue weighted by molar-refractivity contribution is 5.68. The number of piperidine rings is 1. The van der Waals surface area contributed by atoms with Gasteiger partial charge in [0, 0.05) is 18.7 Å². The second kappa shape index (κ2) is 14.2. The molecule has 0 amide bonds. The van der Waals surface area contributed by atoms with E-state index in [1.807, 2.05) is 30.3 Å². The second-order valence-corrected chi connectivity index (χ2v) is 10.1. The summed E-state index contributed by atoms with van der Waals surface area (Å²) in [5.74, 6) is 0.0697. The maximum atomic E-state index is 14.9. The Hall–Kier alpha value is -3.11. The summed E-state index contributed by atoms with van der Waals surface area (Å²) in [6, 6.07) is 15.3. The van der Waals surface area contributed by atoms with Crippen LogP contribution in [-0.2, 0) is 13.1 Å². The Kier molecular flexibility index (Phi) is 10.4. The molecule has 1 fully saturated rings. The monoisotopic (exact) mass is 522 g/mol. The molecule has 204 valence electrons. The minimum absolute atomic E-state index is 0.214. The number of nitrogens with one attached hydrogen (secondary N) is 3. The zero-order valence-corrected chi connectivity index (χ0v) is 22.1. The molecule has 9 heteroatoms. The van der Waals surface area contributed by atoms with Crippen LogP contribution in [0, 0.1) is 5.82 Å². The first-order valence-electron chi connectivity index (χ1n) is 13.7. The smallest absolute Gasteiger partial charge is 0.330 e. The molecule has 1 aliphatic rings. The van der Waals surface area contributed by atoms with Gasteiger partial charge in [0.05, 0.1) is 18.4 Å². The normalized spacial score (nSPS) is 14.6. The summed E-state index contributed by atoms with van der Waals surface area (Å²) in [6.07, 6.45) is 6.78. The number of aromatic nitrogens is 2. The fourth-order valence-electron chi connectivity index (χ4n) is 4.72. The summed E-state index contributed by atoms with van der Waals surface area (Å²) in [7, 11) is 0. The highest BCUT2D eigenvalue weighted by atomic mass is 19.1. The predicted octanol–water partition coefficient (Wildman–Crippen LogP) is 2.85. The molecule has 1 aromatic heterocycles. The molecule has 2 heterocycles. The molecule has 0 atom stereocenters. The van der Waals surface area contributed by atoms with Crippen LogP contribution < -0.4 is 32.4 Å². The Morgan fingerprint density at radius 2 is 1.79 bits per heavy atom. The van der Waals surface area contributed by atoms with Gasteiger partial charge in [0.15, 0.2) is 0 Å². The largest absolute Gasteiger partial charge is 0.497 e. The Balaban J connectivity index is 1.28. The molecule has 0 aliphatic carbocycles. The van der Waals surface area contributed by atoms with Crippen LogP contribution in [0.15, 0.2) is 59.5 Å². The van der Waals surface area contributed by atoms with Gasteiger partial charge in [-0.05, 0) is 93.7 Å². The molecule has 3 aromatic rings. The molecule has 0 bridgehead atoms. The van der Waals surface area contributed by atoms with Crippen molar-refractivity contribution in [3.8, 4) is 11.1 Å². The summed E-state index contributed by atoms with van der Waals surface area (Å²) in [5, 5.41) is 6.35. The third kappa shape index (κ3) is 8.19. The van der Waals surface area contributed by atoms with Crippen molar-refractivity contribution >= 4 is 11.5 Å². The zero-order valence-electron chi connectivity index (χ0n) is 22.1. The van der Waals surface area contributed by atoms with Gasteiger partial charge in [0.1, 0.15) is 5.82 Å². The third-order valence-electron chi connectivity index (χ3n) is 7.09. The van der Waals surface area contributed by atoms with E-state index in [1.54, 1.807) is 22.9 Å². The number of H-pyrrole nitrogens is 1. The Morgan fingerprint density at radius 1 is 1.03 bits per heavy atom. The number of rotatable bonds is 13. The molecular formula is C29H41FN7O+. The van der Waals surface area contributed by atoms with E-state index in [2.05, 4.69) is 20.5 Å². The van der Waals surface area contributed by atoms with E-state index in [1.165, 1.54) is 11.6 Å². The molecule has 7 N–H and O–H groups in total. The van der Waals surface area contributed by atoms with Crippen molar-refractivity contribution in [2.75, 3.05) is 38.0 Å². The summed E-state index contributed by atoms with van der Waals surface area (Å²) in [4.78, 5) is 17.8. The van der Waals surface area contributed by atoms with Gasteiger partial charge in [-0.2, -0.15) is 14.3 Å². The van der Waals surface area contributed by atoms with Gasteiger partial charge >= 0.3 is 5.69 Å². The number of unbranched alkanes of at least 4 members (excludes halogenated alkanes) is 1. The van der Waals surface area contributed by atoms with Gasteiger partial charge < -0.3 is 27.0 Å². The van der Waals surface area contributed by atoms with Crippen LogP contribution in [-0.4, -0.2) is 48.6 Å². The number of anilines is 2. The maximum absolute atomic E-state index is 14.9. The number of halogens is 1. The van der Waals surface area contributed by atoms with Crippen molar-refractivity contribution in [3.05, 3.63) is 76.6 Å². The van der Waals surface area contributed by atoms with Crippen LogP contribution in [0.25, 0.3) is 11.1 Å². The average molecular weight is 523 g/mol. The van der Waals surface area contributed by atoms with Gasteiger partial charge in [-0.3, -0.25) is 0 Å². The molecule has 2 aromatic carbocycles. The number of hydrogen-bond acceptors (Lipinski definition) is 6. The quantitative estimate of drug-likeness (QED) is 0.174. The third-order valence-corrected chi connectivity index (χ3v) is 7.09. The predicted molar refractivity (Wildman–Crippen MR) is 151 cm³/mol. The molecule has 0 radical (unpaired) electrons. The van der Waals surface area contributed by atoms with Crippen LogP contribution >= 0.6 is 0 Å². The lowest BCUT2D eigenvalue weighted by Gasteiger charge is -2.29. The molecule has 1 aliphatic heterocycles. The first kappa shape index (κ1) is 27.9. The first-order chi connectivity index (χ1) is 18.5. The molecule has 0 unspecified atom stereocenters. The SMILES string of the molecule is NCCCNCc1ccc(-c2ccc(Nc3cc[n+](CCCCN4CCC(N)CC4)c(=O)[nH]3)c(F)c2)cc1. The Morgan fingerprint density at radius 3 is 2.50 bits per heavy atom. The van der Waals surface area contributed by atoms with E-state index in [0.29, 0.717) is 30.6 Å². The highest BCUT2D eigenvalue weighted by Crippen LogP contribution is 2.26. The number of nitrogens with zero attached hydrogens (tertiary/aromatic N) is 2. The second-order valence-electron chi connectivity index (χ2n) is 10.1.